The molecule has 1 fully saturated rings. The van der Waals surface area contributed by atoms with Crippen molar-refractivity contribution < 1.29 is 4.21 Å². The van der Waals surface area contributed by atoms with Crippen LogP contribution in [-0.4, -0.2) is 27.5 Å². The van der Waals surface area contributed by atoms with E-state index in [1.807, 2.05) is 6.07 Å². The highest BCUT2D eigenvalue weighted by atomic mass is 35.5. The molecule has 3 nitrogen and oxygen atoms in total. The zero-order valence-corrected chi connectivity index (χ0v) is 10.6. The molecule has 0 aromatic carbocycles. The quantitative estimate of drug-likeness (QED) is 0.840. The van der Waals surface area contributed by atoms with Gasteiger partial charge in [-0.3, -0.25) is 4.21 Å². The number of piperidine rings is 1. The topological polar surface area (TPSA) is 42.0 Å². The summed E-state index contributed by atoms with van der Waals surface area (Å²) in [5.74, 6) is 0.592. The van der Waals surface area contributed by atoms with Gasteiger partial charge in [-0.25, -0.2) is 4.98 Å². The van der Waals surface area contributed by atoms with Gasteiger partial charge in [-0.1, -0.05) is 17.7 Å². The minimum absolute atomic E-state index is 0.330. The van der Waals surface area contributed by atoms with E-state index in [1.54, 1.807) is 12.3 Å². The molecular formula is C11H15ClN2OS. The first-order valence-electron chi connectivity index (χ1n) is 5.44. The van der Waals surface area contributed by atoms with E-state index in [0.29, 0.717) is 16.2 Å². The molecule has 0 bridgehead atoms. The van der Waals surface area contributed by atoms with E-state index in [4.69, 9.17) is 11.6 Å². The average molecular weight is 259 g/mol. The zero-order valence-electron chi connectivity index (χ0n) is 8.99. The number of aromatic nitrogens is 1. The fraction of sp³-hybridized carbons (Fsp3) is 0.545. The molecule has 0 aliphatic carbocycles. The molecule has 1 N–H and O–H groups in total. The van der Waals surface area contributed by atoms with Crippen molar-refractivity contribution in [3.8, 4) is 0 Å². The van der Waals surface area contributed by atoms with Gasteiger partial charge in [0, 0.05) is 22.2 Å². The molecule has 1 aliphatic rings. The molecule has 88 valence electrons. The highest BCUT2D eigenvalue weighted by Gasteiger charge is 2.19. The number of rotatable bonds is 3. The molecule has 2 rings (SSSR count). The fourth-order valence-electron chi connectivity index (χ4n) is 1.83. The van der Waals surface area contributed by atoms with Crippen LogP contribution in [0.25, 0.3) is 0 Å². The van der Waals surface area contributed by atoms with Crippen molar-refractivity contribution in [1.29, 1.82) is 0 Å². The van der Waals surface area contributed by atoms with Gasteiger partial charge in [0.25, 0.3) is 0 Å². The molecule has 1 aromatic rings. The molecule has 16 heavy (non-hydrogen) atoms. The fourth-order valence-corrected chi connectivity index (χ4v) is 3.44. The van der Waals surface area contributed by atoms with Gasteiger partial charge in [0.1, 0.15) is 5.15 Å². The molecule has 1 aliphatic heterocycles. The number of nitrogens with zero attached hydrogens (tertiary/aromatic N) is 1. The molecule has 2 heterocycles. The highest BCUT2D eigenvalue weighted by Crippen LogP contribution is 2.15. The largest absolute Gasteiger partial charge is 0.317 e. The van der Waals surface area contributed by atoms with E-state index in [9.17, 15) is 4.21 Å². The minimum Gasteiger partial charge on any atom is -0.317 e. The van der Waals surface area contributed by atoms with Crippen LogP contribution in [0.3, 0.4) is 0 Å². The van der Waals surface area contributed by atoms with Crippen LogP contribution >= 0.6 is 11.6 Å². The minimum atomic E-state index is -0.787. The molecule has 0 amide bonds. The van der Waals surface area contributed by atoms with E-state index in [1.165, 1.54) is 0 Å². The van der Waals surface area contributed by atoms with Crippen LogP contribution in [0.4, 0.5) is 0 Å². The number of nitrogens with one attached hydrogen (secondary N) is 1. The van der Waals surface area contributed by atoms with E-state index in [-0.39, 0.29) is 0 Å². The normalized spacial score (nSPS) is 19.6. The van der Waals surface area contributed by atoms with Crippen LogP contribution in [0.2, 0.25) is 5.15 Å². The Morgan fingerprint density at radius 3 is 2.81 bits per heavy atom. The van der Waals surface area contributed by atoms with Crippen LogP contribution in [0.1, 0.15) is 18.4 Å². The molecule has 0 radical (unpaired) electrons. The van der Waals surface area contributed by atoms with Crippen molar-refractivity contribution in [2.24, 2.45) is 0 Å². The molecule has 1 saturated heterocycles. The maximum Gasteiger partial charge on any atom is 0.129 e. The van der Waals surface area contributed by atoms with E-state index >= 15 is 0 Å². The van der Waals surface area contributed by atoms with Crippen LogP contribution in [0.15, 0.2) is 18.3 Å². The second-order valence-electron chi connectivity index (χ2n) is 3.96. The number of hydrogen-bond donors (Lipinski definition) is 1. The Bertz CT molecular complexity index is 363. The Morgan fingerprint density at radius 2 is 2.19 bits per heavy atom. The van der Waals surface area contributed by atoms with Gasteiger partial charge < -0.3 is 5.32 Å². The van der Waals surface area contributed by atoms with Crippen molar-refractivity contribution in [1.82, 2.24) is 10.3 Å². The first-order chi connectivity index (χ1) is 7.75. The predicted molar refractivity (Wildman–Crippen MR) is 67.0 cm³/mol. The van der Waals surface area contributed by atoms with E-state index in [2.05, 4.69) is 10.3 Å². The third-order valence-electron chi connectivity index (χ3n) is 2.76. The SMILES string of the molecule is O=[S@@](Cc1ccc(Cl)nc1)C1CCNCC1. The van der Waals surface area contributed by atoms with Crippen molar-refractivity contribution in [2.45, 2.75) is 23.8 Å². The Morgan fingerprint density at radius 1 is 1.44 bits per heavy atom. The van der Waals surface area contributed by atoms with Crippen LogP contribution < -0.4 is 5.32 Å². The molecule has 0 spiro atoms. The summed E-state index contributed by atoms with van der Waals surface area (Å²) in [7, 11) is -0.787. The maximum atomic E-state index is 12.1. The molecule has 0 saturated carbocycles. The summed E-state index contributed by atoms with van der Waals surface area (Å²) in [5.41, 5.74) is 1.00. The summed E-state index contributed by atoms with van der Waals surface area (Å²) in [6.07, 6.45) is 3.72. The van der Waals surface area contributed by atoms with Crippen molar-refractivity contribution in [3.05, 3.63) is 29.0 Å². The monoisotopic (exact) mass is 258 g/mol. The standard InChI is InChI=1S/C11H15ClN2OS/c12-11-2-1-9(7-14-11)8-16(15)10-3-5-13-6-4-10/h1-2,7,10,13H,3-6,8H2/t16-/m0/s1. The Balaban J connectivity index is 1.93. The van der Waals surface area contributed by atoms with Crippen LogP contribution in [-0.2, 0) is 16.6 Å². The van der Waals surface area contributed by atoms with Gasteiger partial charge in [-0.15, -0.1) is 0 Å². The van der Waals surface area contributed by atoms with Gasteiger partial charge in [0.05, 0.1) is 5.75 Å². The lowest BCUT2D eigenvalue weighted by Gasteiger charge is -2.21. The summed E-state index contributed by atoms with van der Waals surface area (Å²) in [6, 6.07) is 3.64. The van der Waals surface area contributed by atoms with Crippen molar-refractivity contribution in [2.75, 3.05) is 13.1 Å². The zero-order chi connectivity index (χ0) is 11.4. The predicted octanol–water partition coefficient (Wildman–Crippen LogP) is 1.74. The Kier molecular flexibility index (Phi) is 4.32. The molecule has 1 aromatic heterocycles. The van der Waals surface area contributed by atoms with E-state index < -0.39 is 10.8 Å². The summed E-state index contributed by atoms with van der Waals surface area (Å²) >= 11 is 5.70. The van der Waals surface area contributed by atoms with Crippen molar-refractivity contribution >= 4 is 22.4 Å². The molecule has 0 unspecified atom stereocenters. The smallest absolute Gasteiger partial charge is 0.129 e. The maximum absolute atomic E-state index is 12.1. The number of hydrogen-bond acceptors (Lipinski definition) is 3. The summed E-state index contributed by atoms with van der Waals surface area (Å²) in [6.45, 7) is 1.96. The van der Waals surface area contributed by atoms with Crippen LogP contribution in [0.5, 0.6) is 0 Å². The third-order valence-corrected chi connectivity index (χ3v) is 4.81. The molecule has 1 atom stereocenters. The average Bonchev–Trinajstić information content (AvgIpc) is 2.33. The lowest BCUT2D eigenvalue weighted by molar-refractivity contribution is 0.519. The lowest BCUT2D eigenvalue weighted by Crippen LogP contribution is -2.33. The Labute approximate surface area is 103 Å². The van der Waals surface area contributed by atoms with Crippen molar-refractivity contribution in [3.63, 3.8) is 0 Å². The lowest BCUT2D eigenvalue weighted by atomic mass is 10.2. The summed E-state index contributed by atoms with van der Waals surface area (Å²) < 4.78 is 12.1. The molecular weight excluding hydrogens is 244 g/mol. The van der Waals surface area contributed by atoms with Gasteiger partial charge in [-0.05, 0) is 37.6 Å². The summed E-state index contributed by atoms with van der Waals surface area (Å²) in [5, 5.41) is 4.09. The van der Waals surface area contributed by atoms with Gasteiger partial charge in [0.2, 0.25) is 0 Å². The molecule has 5 heteroatoms. The van der Waals surface area contributed by atoms with Crippen LogP contribution in [0, 0.1) is 0 Å². The highest BCUT2D eigenvalue weighted by molar-refractivity contribution is 7.84. The Hall–Kier alpha value is -0.450. The summed E-state index contributed by atoms with van der Waals surface area (Å²) in [4.78, 5) is 4.00. The van der Waals surface area contributed by atoms with Gasteiger partial charge in [0.15, 0.2) is 0 Å². The second-order valence-corrected chi connectivity index (χ2v) is 6.07. The first-order valence-corrected chi connectivity index (χ1v) is 7.20. The van der Waals surface area contributed by atoms with E-state index in [0.717, 1.165) is 31.5 Å². The van der Waals surface area contributed by atoms with Gasteiger partial charge >= 0.3 is 0 Å². The first kappa shape index (κ1) is 12.0. The number of halogens is 1. The third kappa shape index (κ3) is 3.27. The second kappa shape index (κ2) is 5.75. The van der Waals surface area contributed by atoms with Gasteiger partial charge in [-0.2, -0.15) is 0 Å². The number of pyridine rings is 1.